The molecule has 2 aromatic rings. The normalized spacial score (nSPS) is 11.1. The first-order valence-electron chi connectivity index (χ1n) is 6.58. The van der Waals surface area contributed by atoms with E-state index >= 15 is 0 Å². The number of nitrogen functional groups attached to an aromatic ring is 1. The first kappa shape index (κ1) is 15.5. The summed E-state index contributed by atoms with van der Waals surface area (Å²) >= 11 is 0. The molecule has 0 fully saturated rings. The van der Waals surface area contributed by atoms with Crippen LogP contribution in [0.5, 0.6) is 0 Å². The van der Waals surface area contributed by atoms with Crippen LogP contribution in [0.1, 0.15) is 11.3 Å². The molecule has 114 valence electrons. The lowest BCUT2D eigenvalue weighted by atomic mass is 10.1. The number of rotatable bonds is 5. The van der Waals surface area contributed by atoms with Gasteiger partial charge in [-0.25, -0.2) is 4.98 Å². The van der Waals surface area contributed by atoms with E-state index in [0.29, 0.717) is 17.1 Å². The highest BCUT2D eigenvalue weighted by atomic mass is 16.6. The number of oxime groups is 1. The molecule has 0 saturated carbocycles. The molecule has 22 heavy (non-hydrogen) atoms. The average molecular weight is 297 g/mol. The van der Waals surface area contributed by atoms with Gasteiger partial charge in [0.15, 0.2) is 6.61 Å². The van der Waals surface area contributed by atoms with Crippen LogP contribution in [0.2, 0.25) is 0 Å². The van der Waals surface area contributed by atoms with E-state index < -0.39 is 0 Å². The van der Waals surface area contributed by atoms with Crippen molar-refractivity contribution >= 4 is 17.4 Å². The molecular formula is C15H17N6O-. The van der Waals surface area contributed by atoms with Gasteiger partial charge in [-0.15, -0.1) is 0 Å². The lowest BCUT2D eigenvalue weighted by Crippen LogP contribution is -2.27. The maximum atomic E-state index is 7.95. The van der Waals surface area contributed by atoms with Crippen molar-refractivity contribution in [2.24, 2.45) is 5.16 Å². The molecule has 0 atom stereocenters. The highest BCUT2D eigenvalue weighted by Gasteiger charge is 2.10. The Kier molecular flexibility index (Phi) is 5.05. The van der Waals surface area contributed by atoms with Crippen LogP contribution >= 0.6 is 0 Å². The molecule has 0 spiro atoms. The minimum absolute atomic E-state index is 0.0632. The zero-order valence-electron chi connectivity index (χ0n) is 12.2. The molecule has 0 amide bonds. The van der Waals surface area contributed by atoms with E-state index in [1.807, 2.05) is 18.2 Å². The van der Waals surface area contributed by atoms with Crippen molar-refractivity contribution < 1.29 is 4.84 Å². The van der Waals surface area contributed by atoms with E-state index in [0.717, 1.165) is 5.01 Å². The summed E-state index contributed by atoms with van der Waals surface area (Å²) in [5.41, 5.74) is 7.22. The van der Waals surface area contributed by atoms with Crippen molar-refractivity contribution in [3.05, 3.63) is 65.6 Å². The second kappa shape index (κ2) is 7.19. The molecule has 1 aromatic carbocycles. The van der Waals surface area contributed by atoms with E-state index in [1.54, 1.807) is 30.3 Å². The number of anilines is 1. The molecule has 0 aliphatic carbocycles. The number of nitrogens with one attached hydrogen (secondary N) is 2. The van der Waals surface area contributed by atoms with Crippen molar-refractivity contribution in [3.8, 4) is 0 Å². The summed E-state index contributed by atoms with van der Waals surface area (Å²) in [6.07, 6.45) is 0. The van der Waals surface area contributed by atoms with Crippen LogP contribution < -0.4 is 5.73 Å². The molecular weight excluding hydrogens is 280 g/mol. The maximum absolute atomic E-state index is 7.95. The van der Waals surface area contributed by atoms with Crippen LogP contribution in [-0.2, 0) is 11.4 Å². The molecule has 0 saturated heterocycles. The van der Waals surface area contributed by atoms with Gasteiger partial charge >= 0.3 is 0 Å². The Labute approximate surface area is 128 Å². The fourth-order valence-corrected chi connectivity index (χ4v) is 1.73. The van der Waals surface area contributed by atoms with Gasteiger partial charge in [0, 0.05) is 5.56 Å². The van der Waals surface area contributed by atoms with Gasteiger partial charge in [0.05, 0.1) is 5.69 Å². The average Bonchev–Trinajstić information content (AvgIpc) is 2.52. The highest BCUT2D eigenvalue weighted by molar-refractivity contribution is 6.46. The van der Waals surface area contributed by atoms with Crippen LogP contribution in [-0.4, -0.2) is 28.6 Å². The third kappa shape index (κ3) is 4.03. The van der Waals surface area contributed by atoms with Crippen molar-refractivity contribution in [1.29, 1.82) is 5.41 Å². The quantitative estimate of drug-likeness (QED) is 0.501. The predicted molar refractivity (Wildman–Crippen MR) is 86.2 cm³/mol. The molecule has 1 heterocycles. The number of nitrogens with two attached hydrogens (primary N) is 1. The summed E-state index contributed by atoms with van der Waals surface area (Å²) in [6.45, 7) is 0.135. The third-order valence-electron chi connectivity index (χ3n) is 2.80. The third-order valence-corrected chi connectivity index (χ3v) is 2.80. The number of benzene rings is 1. The zero-order chi connectivity index (χ0) is 15.9. The monoisotopic (exact) mass is 297 g/mol. The maximum Gasteiger partial charge on any atom is 0.159 e. The van der Waals surface area contributed by atoms with Crippen LogP contribution in [0.4, 0.5) is 5.82 Å². The first-order chi connectivity index (χ1) is 10.6. The van der Waals surface area contributed by atoms with Crippen molar-refractivity contribution in [1.82, 2.24) is 9.99 Å². The molecule has 2 rings (SSSR count). The Hall–Kier alpha value is -2.93. The summed E-state index contributed by atoms with van der Waals surface area (Å²) in [5, 5.41) is 12.9. The van der Waals surface area contributed by atoms with Gasteiger partial charge in [-0.1, -0.05) is 41.6 Å². The van der Waals surface area contributed by atoms with Gasteiger partial charge < -0.3 is 21.4 Å². The zero-order valence-corrected chi connectivity index (χ0v) is 12.2. The summed E-state index contributed by atoms with van der Waals surface area (Å²) < 4.78 is 0. The number of hydrogen-bond acceptors (Lipinski definition) is 5. The number of likely N-dealkylation sites (N-methyl/N-ethyl adjacent to an activating group) is 1. The van der Waals surface area contributed by atoms with Crippen LogP contribution in [0.3, 0.4) is 0 Å². The highest BCUT2D eigenvalue weighted by Crippen LogP contribution is 2.07. The molecule has 0 aliphatic heterocycles. The summed E-state index contributed by atoms with van der Waals surface area (Å²) in [5.74, 6) is 7.88. The second-order valence-electron chi connectivity index (χ2n) is 4.54. The molecule has 0 unspecified atom stereocenters. The Balaban J connectivity index is 2.17. The summed E-state index contributed by atoms with van der Waals surface area (Å²) in [7, 11) is 1.46. The number of nitrogens with zero attached hydrogens (tertiary/aromatic N) is 3. The largest absolute Gasteiger partial charge is 0.582 e. The molecule has 0 aliphatic rings. The van der Waals surface area contributed by atoms with Crippen LogP contribution in [0, 0.1) is 5.41 Å². The van der Waals surface area contributed by atoms with E-state index in [-0.39, 0.29) is 18.2 Å². The van der Waals surface area contributed by atoms with E-state index in [1.165, 1.54) is 7.05 Å². The minimum Gasteiger partial charge on any atom is -0.582 e. The van der Waals surface area contributed by atoms with Gasteiger partial charge in [-0.2, -0.15) is 0 Å². The number of aromatic nitrogens is 1. The van der Waals surface area contributed by atoms with E-state index in [9.17, 15) is 0 Å². The predicted octanol–water partition coefficient (Wildman–Crippen LogP) is 2.46. The van der Waals surface area contributed by atoms with Gasteiger partial charge in [0.2, 0.25) is 0 Å². The number of hydrogen-bond donors (Lipinski definition) is 2. The molecule has 7 heteroatoms. The Morgan fingerprint density at radius 2 is 2.00 bits per heavy atom. The first-order valence-corrected chi connectivity index (χ1v) is 6.58. The van der Waals surface area contributed by atoms with Crippen LogP contribution in [0.25, 0.3) is 5.84 Å². The molecule has 0 bridgehead atoms. The Bertz CT molecular complexity index is 669. The van der Waals surface area contributed by atoms with Gasteiger partial charge in [0.25, 0.3) is 0 Å². The smallest absolute Gasteiger partial charge is 0.159 e. The lowest BCUT2D eigenvalue weighted by Gasteiger charge is -2.24. The van der Waals surface area contributed by atoms with Gasteiger partial charge in [-0.05, 0) is 19.2 Å². The fraction of sp³-hybridized carbons (Fsp3) is 0.133. The lowest BCUT2D eigenvalue weighted by molar-refractivity contribution is 0.128. The Morgan fingerprint density at radius 1 is 1.27 bits per heavy atom. The van der Waals surface area contributed by atoms with Crippen LogP contribution in [0.15, 0.2) is 53.7 Å². The number of amidine groups is 1. The number of pyridine rings is 1. The SMILES string of the molecule is CN([NH-])C(=N)/C(=N\OCc1cccc(N)n1)c1ccccc1. The molecule has 7 nitrogen and oxygen atoms in total. The van der Waals surface area contributed by atoms with Gasteiger partial charge in [0.1, 0.15) is 17.4 Å². The molecule has 1 aromatic heterocycles. The topological polar surface area (TPSA) is 111 Å². The Morgan fingerprint density at radius 3 is 2.64 bits per heavy atom. The molecule has 0 radical (unpaired) electrons. The minimum atomic E-state index is -0.0632. The fourth-order valence-electron chi connectivity index (χ4n) is 1.73. The van der Waals surface area contributed by atoms with Crippen molar-refractivity contribution in [2.45, 2.75) is 6.61 Å². The summed E-state index contributed by atoms with van der Waals surface area (Å²) in [4.78, 5) is 9.39. The second-order valence-corrected chi connectivity index (χ2v) is 4.54. The summed E-state index contributed by atoms with van der Waals surface area (Å²) in [6, 6.07) is 14.4. The standard InChI is InChI=1S/C15H17N6O/c1-21(18)15(17)14(11-6-3-2-4-7-11)20-22-10-12-8-5-9-13(16)19-12/h2-9,17-18H,10H2,1H3,(H2,16,19)/q-1/b17-15?,20-14-. The van der Waals surface area contributed by atoms with Crippen molar-refractivity contribution in [2.75, 3.05) is 12.8 Å². The van der Waals surface area contributed by atoms with Gasteiger partial charge in [-0.3, -0.25) is 5.41 Å². The van der Waals surface area contributed by atoms with E-state index in [4.69, 9.17) is 21.8 Å². The molecule has 4 N–H and O–H groups in total. The van der Waals surface area contributed by atoms with Crippen molar-refractivity contribution in [3.63, 3.8) is 0 Å². The van der Waals surface area contributed by atoms with E-state index in [2.05, 4.69) is 10.1 Å².